The molecular weight excluding hydrogens is 280 g/mol. The molecular formula is C17H28N2O3. The van der Waals surface area contributed by atoms with Crippen LogP contribution < -0.4 is 15.4 Å². The van der Waals surface area contributed by atoms with Crippen molar-refractivity contribution in [2.75, 3.05) is 20.2 Å². The molecule has 0 saturated heterocycles. The molecule has 0 radical (unpaired) electrons. The first-order valence-corrected chi connectivity index (χ1v) is 7.59. The van der Waals surface area contributed by atoms with Crippen LogP contribution in [0.2, 0.25) is 0 Å². The molecule has 0 bridgehead atoms. The molecule has 0 aliphatic carbocycles. The molecule has 0 saturated carbocycles. The Balaban J connectivity index is 2.29. The lowest BCUT2D eigenvalue weighted by Gasteiger charge is -2.21. The summed E-state index contributed by atoms with van der Waals surface area (Å²) in [6.45, 7) is 9.73. The van der Waals surface area contributed by atoms with E-state index in [-0.39, 0.29) is 11.4 Å². The third-order valence-electron chi connectivity index (χ3n) is 3.08. The molecule has 5 nitrogen and oxygen atoms in total. The maximum absolute atomic E-state index is 11.9. The monoisotopic (exact) mass is 308 g/mol. The molecule has 1 rings (SSSR count). The highest BCUT2D eigenvalue weighted by atomic mass is 16.5. The average molecular weight is 308 g/mol. The van der Waals surface area contributed by atoms with E-state index in [1.807, 2.05) is 24.3 Å². The Morgan fingerprint density at radius 1 is 1.27 bits per heavy atom. The zero-order valence-electron chi connectivity index (χ0n) is 14.2. The van der Waals surface area contributed by atoms with Crippen molar-refractivity contribution in [3.63, 3.8) is 0 Å². The van der Waals surface area contributed by atoms with Crippen LogP contribution in [0, 0.1) is 0 Å². The molecule has 124 valence electrons. The van der Waals surface area contributed by atoms with E-state index < -0.39 is 6.10 Å². The highest BCUT2D eigenvalue weighted by molar-refractivity contribution is 5.80. The topological polar surface area (TPSA) is 59.6 Å². The van der Waals surface area contributed by atoms with Crippen LogP contribution in [0.3, 0.4) is 0 Å². The molecule has 0 aliphatic heterocycles. The van der Waals surface area contributed by atoms with Crippen molar-refractivity contribution in [1.29, 1.82) is 0 Å². The Hall–Kier alpha value is -1.59. The number of methoxy groups -OCH3 is 1. The van der Waals surface area contributed by atoms with Crippen LogP contribution in [0.5, 0.6) is 5.75 Å². The van der Waals surface area contributed by atoms with Gasteiger partial charge in [0.25, 0.3) is 0 Å². The molecule has 1 amide bonds. The van der Waals surface area contributed by atoms with Crippen LogP contribution in [0.1, 0.15) is 33.3 Å². The zero-order valence-corrected chi connectivity index (χ0v) is 14.2. The number of benzene rings is 1. The summed E-state index contributed by atoms with van der Waals surface area (Å²) in [5.41, 5.74) is 1.03. The molecule has 0 aromatic heterocycles. The van der Waals surface area contributed by atoms with Crippen molar-refractivity contribution in [2.45, 2.75) is 45.9 Å². The number of ether oxygens (including phenoxy) is 2. The number of rotatable bonds is 8. The number of carbonyl (C=O) groups is 1. The lowest BCUT2D eigenvalue weighted by atomic mass is 10.1. The van der Waals surface area contributed by atoms with Gasteiger partial charge in [0.05, 0.1) is 13.7 Å². The highest BCUT2D eigenvalue weighted by Crippen LogP contribution is 2.13. The standard InChI is InChI=1S/C17H28N2O3/c1-13(16(20)18-9-10-19-17(2,3)4)22-12-14-7-6-8-15(11-14)21-5/h6-8,11,13,19H,9-10,12H2,1-5H3,(H,18,20). The molecule has 22 heavy (non-hydrogen) atoms. The van der Waals surface area contributed by atoms with Gasteiger partial charge in [-0.15, -0.1) is 0 Å². The van der Waals surface area contributed by atoms with E-state index in [2.05, 4.69) is 31.4 Å². The lowest BCUT2D eigenvalue weighted by Crippen LogP contribution is -2.43. The molecule has 1 aromatic rings. The Morgan fingerprint density at radius 3 is 2.64 bits per heavy atom. The van der Waals surface area contributed by atoms with Crippen LogP contribution in [0.25, 0.3) is 0 Å². The largest absolute Gasteiger partial charge is 0.497 e. The lowest BCUT2D eigenvalue weighted by molar-refractivity contribution is -0.132. The van der Waals surface area contributed by atoms with Gasteiger partial charge in [-0.05, 0) is 45.4 Å². The fourth-order valence-corrected chi connectivity index (χ4v) is 1.83. The minimum atomic E-state index is -0.485. The van der Waals surface area contributed by atoms with Gasteiger partial charge in [-0.2, -0.15) is 0 Å². The first-order valence-electron chi connectivity index (χ1n) is 7.59. The molecule has 0 aliphatic rings. The van der Waals surface area contributed by atoms with Gasteiger partial charge in [-0.25, -0.2) is 0 Å². The van der Waals surface area contributed by atoms with Gasteiger partial charge in [0, 0.05) is 18.6 Å². The minimum absolute atomic E-state index is 0.0548. The summed E-state index contributed by atoms with van der Waals surface area (Å²) in [6.07, 6.45) is -0.485. The van der Waals surface area contributed by atoms with Crippen molar-refractivity contribution in [2.24, 2.45) is 0 Å². The maximum Gasteiger partial charge on any atom is 0.248 e. The second kappa shape index (κ2) is 8.76. The van der Waals surface area contributed by atoms with E-state index in [9.17, 15) is 4.79 Å². The second-order valence-electron chi connectivity index (χ2n) is 6.27. The van der Waals surface area contributed by atoms with Crippen molar-refractivity contribution in [3.8, 4) is 5.75 Å². The van der Waals surface area contributed by atoms with Crippen LogP contribution in [-0.4, -0.2) is 37.7 Å². The molecule has 0 spiro atoms. The normalized spacial score (nSPS) is 12.8. The SMILES string of the molecule is COc1cccc(COC(C)C(=O)NCCNC(C)(C)C)c1. The Labute approximate surface area is 133 Å². The molecule has 1 aromatic carbocycles. The van der Waals surface area contributed by atoms with Gasteiger partial charge in [0.1, 0.15) is 11.9 Å². The average Bonchev–Trinajstić information content (AvgIpc) is 2.48. The summed E-state index contributed by atoms with van der Waals surface area (Å²) in [7, 11) is 1.63. The van der Waals surface area contributed by atoms with Crippen molar-refractivity contribution in [1.82, 2.24) is 10.6 Å². The fourth-order valence-electron chi connectivity index (χ4n) is 1.83. The van der Waals surface area contributed by atoms with E-state index in [4.69, 9.17) is 9.47 Å². The van der Waals surface area contributed by atoms with Gasteiger partial charge >= 0.3 is 0 Å². The summed E-state index contributed by atoms with van der Waals surface area (Å²) in [5.74, 6) is 0.685. The van der Waals surface area contributed by atoms with Gasteiger partial charge in [-0.1, -0.05) is 12.1 Å². The summed E-state index contributed by atoms with van der Waals surface area (Å²) in [4.78, 5) is 11.9. The number of amides is 1. The van der Waals surface area contributed by atoms with E-state index in [1.54, 1.807) is 14.0 Å². The smallest absolute Gasteiger partial charge is 0.248 e. The van der Waals surface area contributed by atoms with Crippen molar-refractivity contribution in [3.05, 3.63) is 29.8 Å². The molecule has 1 atom stereocenters. The van der Waals surface area contributed by atoms with Crippen LogP contribution in [0.15, 0.2) is 24.3 Å². The number of carbonyl (C=O) groups excluding carboxylic acids is 1. The number of hydrogen-bond acceptors (Lipinski definition) is 4. The van der Waals surface area contributed by atoms with E-state index in [1.165, 1.54) is 0 Å². The summed E-state index contributed by atoms with van der Waals surface area (Å²) < 4.78 is 10.8. The second-order valence-corrected chi connectivity index (χ2v) is 6.27. The fraction of sp³-hybridized carbons (Fsp3) is 0.588. The van der Waals surface area contributed by atoms with Crippen LogP contribution in [-0.2, 0) is 16.1 Å². The maximum atomic E-state index is 11.9. The first kappa shape index (κ1) is 18.5. The van der Waals surface area contributed by atoms with Gasteiger partial charge in [0.15, 0.2) is 0 Å². The summed E-state index contributed by atoms with van der Waals surface area (Å²) >= 11 is 0. The third-order valence-corrected chi connectivity index (χ3v) is 3.08. The predicted octanol–water partition coefficient (Wildman–Crippen LogP) is 2.10. The Bertz CT molecular complexity index is 469. The van der Waals surface area contributed by atoms with Crippen LogP contribution >= 0.6 is 0 Å². The first-order chi connectivity index (χ1) is 10.3. The molecule has 1 unspecified atom stereocenters. The highest BCUT2D eigenvalue weighted by Gasteiger charge is 2.13. The Kier molecular flexibility index (Phi) is 7.35. The zero-order chi connectivity index (χ0) is 16.6. The van der Waals surface area contributed by atoms with Gasteiger partial charge in [-0.3, -0.25) is 4.79 Å². The van der Waals surface area contributed by atoms with Crippen molar-refractivity contribution >= 4 is 5.91 Å². The summed E-state index contributed by atoms with van der Waals surface area (Å²) in [5, 5.41) is 6.18. The van der Waals surface area contributed by atoms with E-state index in [0.717, 1.165) is 17.9 Å². The predicted molar refractivity (Wildman–Crippen MR) is 88.0 cm³/mol. The minimum Gasteiger partial charge on any atom is -0.497 e. The van der Waals surface area contributed by atoms with E-state index in [0.29, 0.717) is 13.2 Å². The quantitative estimate of drug-likeness (QED) is 0.722. The Morgan fingerprint density at radius 2 is 2.00 bits per heavy atom. The molecule has 2 N–H and O–H groups in total. The number of hydrogen-bond donors (Lipinski definition) is 2. The number of nitrogens with one attached hydrogen (secondary N) is 2. The third kappa shape index (κ3) is 7.43. The summed E-state index contributed by atoms with van der Waals surface area (Å²) in [6, 6.07) is 7.63. The van der Waals surface area contributed by atoms with Crippen molar-refractivity contribution < 1.29 is 14.3 Å². The molecule has 0 fully saturated rings. The van der Waals surface area contributed by atoms with E-state index >= 15 is 0 Å². The van der Waals surface area contributed by atoms with Crippen LogP contribution in [0.4, 0.5) is 0 Å². The van der Waals surface area contributed by atoms with Gasteiger partial charge in [0.2, 0.25) is 5.91 Å². The van der Waals surface area contributed by atoms with Gasteiger partial charge < -0.3 is 20.1 Å². The molecule has 5 heteroatoms. The molecule has 0 heterocycles.